The minimum atomic E-state index is 0.377. The van der Waals surface area contributed by atoms with Crippen molar-refractivity contribution in [2.75, 3.05) is 6.54 Å². The summed E-state index contributed by atoms with van der Waals surface area (Å²) in [5.74, 6) is 0.611. The van der Waals surface area contributed by atoms with Crippen molar-refractivity contribution in [1.29, 1.82) is 0 Å². The number of piperidine rings is 1. The van der Waals surface area contributed by atoms with Crippen LogP contribution in [0, 0.1) is 5.92 Å². The van der Waals surface area contributed by atoms with Gasteiger partial charge in [0.05, 0.1) is 0 Å². The molecule has 16 heavy (non-hydrogen) atoms. The molecule has 0 saturated carbocycles. The predicted molar refractivity (Wildman–Crippen MR) is 68.1 cm³/mol. The highest BCUT2D eigenvalue weighted by Gasteiger charge is 2.28. The lowest BCUT2D eigenvalue weighted by Crippen LogP contribution is -2.50. The summed E-state index contributed by atoms with van der Waals surface area (Å²) in [5, 5.41) is 0. The van der Waals surface area contributed by atoms with Gasteiger partial charge in [-0.1, -0.05) is 37.3 Å². The second-order valence-electron chi connectivity index (χ2n) is 5.14. The van der Waals surface area contributed by atoms with E-state index in [0.29, 0.717) is 18.0 Å². The molecule has 88 valence electrons. The zero-order valence-corrected chi connectivity index (χ0v) is 10.3. The molecule has 1 aliphatic rings. The predicted octanol–water partition coefficient (Wildman–Crippen LogP) is 2.24. The minimum Gasteiger partial charge on any atom is -0.327 e. The van der Waals surface area contributed by atoms with E-state index in [-0.39, 0.29) is 0 Å². The first-order valence-corrected chi connectivity index (χ1v) is 6.20. The molecule has 1 heterocycles. The third kappa shape index (κ3) is 2.63. The molecule has 1 aliphatic heterocycles. The van der Waals surface area contributed by atoms with Gasteiger partial charge in [0, 0.05) is 25.2 Å². The summed E-state index contributed by atoms with van der Waals surface area (Å²) in [5.41, 5.74) is 7.50. The average Bonchev–Trinajstić information content (AvgIpc) is 2.27. The monoisotopic (exact) mass is 218 g/mol. The van der Waals surface area contributed by atoms with E-state index >= 15 is 0 Å². The van der Waals surface area contributed by atoms with Gasteiger partial charge in [-0.2, -0.15) is 0 Å². The lowest BCUT2D eigenvalue weighted by atomic mass is 9.90. The summed E-state index contributed by atoms with van der Waals surface area (Å²) in [4.78, 5) is 2.54. The van der Waals surface area contributed by atoms with E-state index in [1.165, 1.54) is 5.56 Å². The Morgan fingerprint density at radius 3 is 2.62 bits per heavy atom. The Morgan fingerprint density at radius 2 is 1.94 bits per heavy atom. The van der Waals surface area contributed by atoms with Crippen LogP contribution >= 0.6 is 0 Å². The van der Waals surface area contributed by atoms with Crippen LogP contribution in [0.4, 0.5) is 0 Å². The van der Waals surface area contributed by atoms with Crippen molar-refractivity contribution in [2.45, 2.75) is 38.9 Å². The first kappa shape index (κ1) is 11.6. The van der Waals surface area contributed by atoms with Crippen LogP contribution in [0.1, 0.15) is 25.8 Å². The van der Waals surface area contributed by atoms with Crippen LogP contribution in [0.15, 0.2) is 30.3 Å². The summed E-state index contributed by atoms with van der Waals surface area (Å²) < 4.78 is 0. The zero-order chi connectivity index (χ0) is 11.5. The number of likely N-dealkylation sites (tertiary alicyclic amines) is 1. The molecule has 1 aromatic rings. The number of nitrogens with zero attached hydrogens (tertiary/aromatic N) is 1. The molecular formula is C14H22N2. The summed E-state index contributed by atoms with van der Waals surface area (Å²) in [7, 11) is 0. The molecule has 3 atom stereocenters. The first-order valence-electron chi connectivity index (χ1n) is 6.20. The highest BCUT2D eigenvalue weighted by molar-refractivity contribution is 5.14. The van der Waals surface area contributed by atoms with Crippen molar-refractivity contribution in [2.24, 2.45) is 11.7 Å². The van der Waals surface area contributed by atoms with E-state index in [9.17, 15) is 0 Å². The molecule has 0 bridgehead atoms. The Hall–Kier alpha value is -0.860. The van der Waals surface area contributed by atoms with Crippen molar-refractivity contribution in [3.05, 3.63) is 35.9 Å². The van der Waals surface area contributed by atoms with Crippen LogP contribution in [0.25, 0.3) is 0 Å². The molecule has 1 saturated heterocycles. The molecule has 1 aromatic carbocycles. The van der Waals surface area contributed by atoms with Gasteiger partial charge in [0.2, 0.25) is 0 Å². The Balaban J connectivity index is 2.00. The van der Waals surface area contributed by atoms with Crippen LogP contribution in [0.2, 0.25) is 0 Å². The van der Waals surface area contributed by atoms with Gasteiger partial charge in [-0.05, 0) is 24.8 Å². The van der Waals surface area contributed by atoms with Crippen LogP contribution in [0.5, 0.6) is 0 Å². The van der Waals surface area contributed by atoms with Crippen molar-refractivity contribution in [1.82, 2.24) is 4.90 Å². The molecule has 1 fully saturated rings. The highest BCUT2D eigenvalue weighted by Crippen LogP contribution is 2.22. The van der Waals surface area contributed by atoms with Gasteiger partial charge in [-0.25, -0.2) is 0 Å². The van der Waals surface area contributed by atoms with Gasteiger partial charge < -0.3 is 5.73 Å². The Kier molecular flexibility index (Phi) is 3.62. The Morgan fingerprint density at radius 1 is 1.25 bits per heavy atom. The molecule has 0 spiro atoms. The van der Waals surface area contributed by atoms with Gasteiger partial charge in [0.25, 0.3) is 0 Å². The maximum atomic E-state index is 6.10. The molecule has 2 rings (SSSR count). The van der Waals surface area contributed by atoms with Gasteiger partial charge >= 0.3 is 0 Å². The van der Waals surface area contributed by atoms with Gasteiger partial charge in [-0.3, -0.25) is 4.90 Å². The fourth-order valence-corrected chi connectivity index (χ4v) is 2.50. The Bertz CT molecular complexity index is 323. The molecule has 0 aliphatic carbocycles. The van der Waals surface area contributed by atoms with Crippen molar-refractivity contribution >= 4 is 0 Å². The van der Waals surface area contributed by atoms with Crippen molar-refractivity contribution < 1.29 is 0 Å². The van der Waals surface area contributed by atoms with E-state index in [4.69, 9.17) is 5.73 Å². The third-order valence-electron chi connectivity index (χ3n) is 3.72. The summed E-state index contributed by atoms with van der Waals surface area (Å²) >= 11 is 0. The smallest absolute Gasteiger partial charge is 0.0236 e. The van der Waals surface area contributed by atoms with Gasteiger partial charge in [0.15, 0.2) is 0 Å². The highest BCUT2D eigenvalue weighted by atomic mass is 15.2. The topological polar surface area (TPSA) is 29.3 Å². The second-order valence-corrected chi connectivity index (χ2v) is 5.14. The van der Waals surface area contributed by atoms with Crippen molar-refractivity contribution in [3.63, 3.8) is 0 Å². The SMILES string of the molecule is C[C@@H]1CN(Cc2ccccc2)[C@@H](C)C[C@H]1N. The van der Waals surface area contributed by atoms with Crippen LogP contribution < -0.4 is 5.73 Å². The maximum Gasteiger partial charge on any atom is 0.0236 e. The number of rotatable bonds is 2. The maximum absolute atomic E-state index is 6.10. The van der Waals surface area contributed by atoms with E-state index in [1.807, 2.05) is 0 Å². The molecule has 0 aromatic heterocycles. The van der Waals surface area contributed by atoms with Crippen LogP contribution in [-0.4, -0.2) is 23.5 Å². The van der Waals surface area contributed by atoms with Crippen LogP contribution in [0.3, 0.4) is 0 Å². The average molecular weight is 218 g/mol. The quantitative estimate of drug-likeness (QED) is 0.825. The largest absolute Gasteiger partial charge is 0.327 e. The molecule has 2 nitrogen and oxygen atoms in total. The molecule has 0 amide bonds. The fraction of sp³-hybridized carbons (Fsp3) is 0.571. The number of nitrogens with two attached hydrogens (primary N) is 1. The molecular weight excluding hydrogens is 196 g/mol. The van der Waals surface area contributed by atoms with E-state index < -0.39 is 0 Å². The number of benzene rings is 1. The van der Waals surface area contributed by atoms with E-state index in [0.717, 1.165) is 19.5 Å². The number of hydrogen-bond acceptors (Lipinski definition) is 2. The second kappa shape index (κ2) is 4.98. The fourth-order valence-electron chi connectivity index (χ4n) is 2.50. The van der Waals surface area contributed by atoms with Gasteiger partial charge in [-0.15, -0.1) is 0 Å². The van der Waals surface area contributed by atoms with E-state index in [2.05, 4.69) is 49.1 Å². The minimum absolute atomic E-state index is 0.377. The molecule has 0 unspecified atom stereocenters. The lowest BCUT2D eigenvalue weighted by molar-refractivity contribution is 0.102. The lowest BCUT2D eigenvalue weighted by Gasteiger charge is -2.40. The third-order valence-corrected chi connectivity index (χ3v) is 3.72. The van der Waals surface area contributed by atoms with E-state index in [1.54, 1.807) is 0 Å². The summed E-state index contributed by atoms with van der Waals surface area (Å²) in [6.45, 7) is 6.72. The normalized spacial score (nSPS) is 31.6. The zero-order valence-electron chi connectivity index (χ0n) is 10.3. The number of hydrogen-bond donors (Lipinski definition) is 1. The molecule has 2 N–H and O–H groups in total. The molecule has 0 radical (unpaired) electrons. The van der Waals surface area contributed by atoms with Crippen molar-refractivity contribution in [3.8, 4) is 0 Å². The Labute approximate surface area is 98.4 Å². The first-order chi connectivity index (χ1) is 7.66. The molecule has 2 heteroatoms. The summed E-state index contributed by atoms with van der Waals surface area (Å²) in [6.07, 6.45) is 1.12. The summed E-state index contributed by atoms with van der Waals surface area (Å²) in [6, 6.07) is 11.7. The standard InChI is InChI=1S/C14H22N2/c1-11-9-16(12(2)8-14(11)15)10-13-6-4-3-5-7-13/h3-7,11-12,14H,8-10,15H2,1-2H3/t11-,12+,14-/m1/s1. The van der Waals surface area contributed by atoms with Gasteiger partial charge in [0.1, 0.15) is 0 Å². The van der Waals surface area contributed by atoms with Crippen LogP contribution in [-0.2, 0) is 6.54 Å².